The predicted octanol–water partition coefficient (Wildman–Crippen LogP) is 1.79. The van der Waals surface area contributed by atoms with E-state index in [4.69, 9.17) is 0 Å². The Balaban J connectivity index is 2.12. The van der Waals surface area contributed by atoms with Gasteiger partial charge >= 0.3 is 0 Å². The quantitative estimate of drug-likeness (QED) is 0.686. The molecular formula is C14H31N3. The van der Waals surface area contributed by atoms with Crippen molar-refractivity contribution in [2.24, 2.45) is 0 Å². The molecule has 0 bridgehead atoms. The first kappa shape index (κ1) is 14.9. The summed E-state index contributed by atoms with van der Waals surface area (Å²) in [5.41, 5.74) is 0. The summed E-state index contributed by atoms with van der Waals surface area (Å²) < 4.78 is 0. The van der Waals surface area contributed by atoms with E-state index >= 15 is 0 Å². The lowest BCUT2D eigenvalue weighted by Crippen LogP contribution is -2.48. The van der Waals surface area contributed by atoms with Crippen molar-refractivity contribution in [3.63, 3.8) is 0 Å². The Kier molecular flexibility index (Phi) is 7.09. The first-order chi connectivity index (χ1) is 8.08. The largest absolute Gasteiger partial charge is 0.311 e. The van der Waals surface area contributed by atoms with Crippen molar-refractivity contribution < 1.29 is 0 Å². The Hall–Kier alpha value is -0.120. The van der Waals surface area contributed by atoms with Gasteiger partial charge in [0.05, 0.1) is 0 Å². The molecule has 1 heterocycles. The molecule has 0 aromatic rings. The van der Waals surface area contributed by atoms with E-state index in [9.17, 15) is 0 Å². The van der Waals surface area contributed by atoms with Crippen molar-refractivity contribution in [2.75, 3.05) is 40.3 Å². The molecule has 1 aliphatic heterocycles. The zero-order valence-corrected chi connectivity index (χ0v) is 12.2. The lowest BCUT2D eigenvalue weighted by Gasteiger charge is -2.34. The van der Waals surface area contributed by atoms with Crippen LogP contribution in [0.5, 0.6) is 0 Å². The number of hydrogen-bond acceptors (Lipinski definition) is 3. The van der Waals surface area contributed by atoms with Crippen LogP contribution in [0, 0.1) is 0 Å². The van der Waals surface area contributed by atoms with Crippen molar-refractivity contribution in [1.29, 1.82) is 0 Å². The van der Waals surface area contributed by atoms with Gasteiger partial charge in [-0.3, -0.25) is 0 Å². The summed E-state index contributed by atoms with van der Waals surface area (Å²) in [4.78, 5) is 4.92. The van der Waals surface area contributed by atoms with Gasteiger partial charge in [-0.1, -0.05) is 13.8 Å². The maximum absolute atomic E-state index is 3.67. The first-order valence-electron chi connectivity index (χ1n) is 7.21. The predicted molar refractivity (Wildman–Crippen MR) is 75.5 cm³/mol. The van der Waals surface area contributed by atoms with Crippen LogP contribution in [0.1, 0.15) is 39.5 Å². The normalized spacial score (nSPS) is 22.6. The van der Waals surface area contributed by atoms with Gasteiger partial charge in [0.2, 0.25) is 0 Å². The number of likely N-dealkylation sites (tertiary alicyclic amines) is 1. The number of nitrogens with zero attached hydrogens (tertiary/aromatic N) is 2. The summed E-state index contributed by atoms with van der Waals surface area (Å²) in [6.07, 6.45) is 5.38. The second kappa shape index (κ2) is 8.06. The standard InChI is InChI=1S/C14H31N3/c1-13(2)15-14-8-7-11-17(12-14)10-6-5-9-16(3)4/h13-15H,5-12H2,1-4H3. The lowest BCUT2D eigenvalue weighted by atomic mass is 10.0. The van der Waals surface area contributed by atoms with E-state index < -0.39 is 0 Å². The molecule has 1 rings (SSSR count). The van der Waals surface area contributed by atoms with Gasteiger partial charge in [0, 0.05) is 18.6 Å². The summed E-state index contributed by atoms with van der Waals surface area (Å²) >= 11 is 0. The minimum atomic E-state index is 0.619. The highest BCUT2D eigenvalue weighted by atomic mass is 15.2. The summed E-state index contributed by atoms with van der Waals surface area (Å²) in [5.74, 6) is 0. The molecule has 1 N–H and O–H groups in total. The zero-order chi connectivity index (χ0) is 12.7. The molecule has 0 spiro atoms. The van der Waals surface area contributed by atoms with E-state index in [0.717, 1.165) is 6.04 Å². The molecule has 1 atom stereocenters. The van der Waals surface area contributed by atoms with Gasteiger partial charge in [0.1, 0.15) is 0 Å². The number of hydrogen-bond donors (Lipinski definition) is 1. The highest BCUT2D eigenvalue weighted by Gasteiger charge is 2.19. The first-order valence-corrected chi connectivity index (χ1v) is 7.21. The molecule has 0 aliphatic carbocycles. The van der Waals surface area contributed by atoms with Crippen molar-refractivity contribution >= 4 is 0 Å². The fourth-order valence-electron chi connectivity index (χ4n) is 2.63. The number of rotatable bonds is 7. The van der Waals surface area contributed by atoms with Gasteiger partial charge in [-0.05, 0) is 59.4 Å². The zero-order valence-electron chi connectivity index (χ0n) is 12.2. The molecule has 17 heavy (non-hydrogen) atoms. The van der Waals surface area contributed by atoms with Crippen LogP contribution in [0.15, 0.2) is 0 Å². The van der Waals surface area contributed by atoms with E-state index in [2.05, 4.69) is 43.1 Å². The van der Waals surface area contributed by atoms with Gasteiger partial charge in [-0.25, -0.2) is 0 Å². The van der Waals surface area contributed by atoms with Gasteiger partial charge < -0.3 is 15.1 Å². The maximum atomic E-state index is 3.67. The molecular weight excluding hydrogens is 210 g/mol. The van der Waals surface area contributed by atoms with E-state index in [-0.39, 0.29) is 0 Å². The molecule has 1 aliphatic rings. The Labute approximate surface area is 108 Å². The fraction of sp³-hybridized carbons (Fsp3) is 1.00. The van der Waals surface area contributed by atoms with Gasteiger partial charge in [-0.2, -0.15) is 0 Å². The van der Waals surface area contributed by atoms with Gasteiger partial charge in [0.15, 0.2) is 0 Å². The fourth-order valence-corrected chi connectivity index (χ4v) is 2.63. The second-order valence-corrected chi connectivity index (χ2v) is 5.97. The van der Waals surface area contributed by atoms with Crippen LogP contribution >= 0.6 is 0 Å². The summed E-state index contributed by atoms with van der Waals surface area (Å²) in [7, 11) is 4.31. The summed E-state index contributed by atoms with van der Waals surface area (Å²) in [5, 5.41) is 3.67. The molecule has 0 saturated carbocycles. The Morgan fingerprint density at radius 1 is 1.29 bits per heavy atom. The topological polar surface area (TPSA) is 18.5 Å². The molecule has 1 unspecified atom stereocenters. The number of piperidine rings is 1. The third-order valence-electron chi connectivity index (χ3n) is 3.40. The summed E-state index contributed by atoms with van der Waals surface area (Å²) in [6, 6.07) is 1.34. The molecule has 0 aromatic heterocycles. The average molecular weight is 241 g/mol. The summed E-state index contributed by atoms with van der Waals surface area (Å²) in [6.45, 7) is 9.55. The van der Waals surface area contributed by atoms with Gasteiger partial charge in [0.25, 0.3) is 0 Å². The number of unbranched alkanes of at least 4 members (excludes halogenated alkanes) is 1. The highest BCUT2D eigenvalue weighted by molar-refractivity contribution is 4.79. The SMILES string of the molecule is CC(C)NC1CCCN(CCCCN(C)C)C1. The third kappa shape index (κ3) is 7.02. The maximum Gasteiger partial charge on any atom is 0.0197 e. The van der Waals surface area contributed by atoms with E-state index in [1.165, 1.54) is 51.9 Å². The van der Waals surface area contributed by atoms with Crippen LogP contribution in [-0.2, 0) is 0 Å². The van der Waals surface area contributed by atoms with Gasteiger partial charge in [-0.15, -0.1) is 0 Å². The average Bonchev–Trinajstić information content (AvgIpc) is 2.24. The molecule has 102 valence electrons. The molecule has 1 saturated heterocycles. The van der Waals surface area contributed by atoms with Crippen LogP contribution in [0.4, 0.5) is 0 Å². The minimum absolute atomic E-state index is 0.619. The molecule has 3 heteroatoms. The van der Waals surface area contributed by atoms with Crippen LogP contribution in [0.3, 0.4) is 0 Å². The van der Waals surface area contributed by atoms with E-state index in [1.54, 1.807) is 0 Å². The van der Waals surface area contributed by atoms with E-state index in [1.807, 2.05) is 0 Å². The molecule has 3 nitrogen and oxygen atoms in total. The highest BCUT2D eigenvalue weighted by Crippen LogP contribution is 2.11. The van der Waals surface area contributed by atoms with Crippen molar-refractivity contribution in [3.05, 3.63) is 0 Å². The van der Waals surface area contributed by atoms with Crippen LogP contribution in [-0.4, -0.2) is 62.2 Å². The Bertz CT molecular complexity index is 192. The van der Waals surface area contributed by atoms with Crippen molar-refractivity contribution in [2.45, 2.75) is 51.6 Å². The van der Waals surface area contributed by atoms with Crippen LogP contribution < -0.4 is 5.32 Å². The molecule has 1 fully saturated rings. The third-order valence-corrected chi connectivity index (χ3v) is 3.40. The monoisotopic (exact) mass is 241 g/mol. The van der Waals surface area contributed by atoms with E-state index in [0.29, 0.717) is 6.04 Å². The molecule has 0 radical (unpaired) electrons. The Morgan fingerprint density at radius 2 is 2.06 bits per heavy atom. The minimum Gasteiger partial charge on any atom is -0.311 e. The molecule has 0 aromatic carbocycles. The van der Waals surface area contributed by atoms with Crippen molar-refractivity contribution in [1.82, 2.24) is 15.1 Å². The van der Waals surface area contributed by atoms with Crippen LogP contribution in [0.25, 0.3) is 0 Å². The number of nitrogens with one attached hydrogen (secondary N) is 1. The van der Waals surface area contributed by atoms with Crippen LogP contribution in [0.2, 0.25) is 0 Å². The Morgan fingerprint density at radius 3 is 2.71 bits per heavy atom. The smallest absolute Gasteiger partial charge is 0.0197 e. The second-order valence-electron chi connectivity index (χ2n) is 5.97. The van der Waals surface area contributed by atoms with Crippen molar-refractivity contribution in [3.8, 4) is 0 Å². The molecule has 0 amide bonds. The lowest BCUT2D eigenvalue weighted by molar-refractivity contribution is 0.181.